The number of rotatable bonds is 2. The Morgan fingerprint density at radius 3 is 2.28 bits per heavy atom. The van der Waals surface area contributed by atoms with E-state index in [1.807, 2.05) is 4.90 Å². The van der Waals surface area contributed by atoms with Crippen LogP contribution in [0.5, 0.6) is 0 Å². The summed E-state index contributed by atoms with van der Waals surface area (Å²) in [7, 11) is 0. The number of nitrogens with zero attached hydrogens (tertiary/aromatic N) is 2. The lowest BCUT2D eigenvalue weighted by molar-refractivity contribution is -0.137. The normalized spacial score (nSPS) is 30.6. The van der Waals surface area contributed by atoms with Crippen LogP contribution in [0.4, 0.5) is 0 Å². The fourth-order valence-corrected chi connectivity index (χ4v) is 3.05. The minimum Gasteiger partial charge on any atom is -0.341 e. The number of carbonyl (C=O) groups is 2. The van der Waals surface area contributed by atoms with Crippen LogP contribution < -0.4 is 0 Å². The molecule has 4 nitrogen and oxygen atoms in total. The van der Waals surface area contributed by atoms with Crippen molar-refractivity contribution in [3.8, 4) is 0 Å². The van der Waals surface area contributed by atoms with Crippen molar-refractivity contribution in [2.24, 2.45) is 0 Å². The number of amides is 1. The van der Waals surface area contributed by atoms with Crippen LogP contribution in [-0.4, -0.2) is 53.2 Å². The molecule has 102 valence electrons. The van der Waals surface area contributed by atoms with Crippen molar-refractivity contribution in [1.82, 2.24) is 9.80 Å². The lowest BCUT2D eigenvalue weighted by Gasteiger charge is -2.39. The molecule has 2 fully saturated rings. The highest BCUT2D eigenvalue weighted by Gasteiger charge is 2.29. The molecular weight excluding hydrogens is 228 g/mol. The Kier molecular flexibility index (Phi) is 4.38. The van der Waals surface area contributed by atoms with Crippen molar-refractivity contribution in [2.75, 3.05) is 19.6 Å². The Morgan fingerprint density at radius 2 is 1.72 bits per heavy atom. The first-order chi connectivity index (χ1) is 8.58. The summed E-state index contributed by atoms with van der Waals surface area (Å²) < 4.78 is 0. The fraction of sp³-hybridized carbons (Fsp3) is 0.857. The predicted octanol–water partition coefficient (Wildman–Crippen LogP) is 1.44. The zero-order valence-electron chi connectivity index (χ0n) is 11.5. The van der Waals surface area contributed by atoms with Gasteiger partial charge in [0.25, 0.3) is 0 Å². The third-order valence-electron chi connectivity index (χ3n) is 4.37. The van der Waals surface area contributed by atoms with Gasteiger partial charge in [0.15, 0.2) is 0 Å². The number of piperidine rings is 2. The molecule has 0 spiro atoms. The van der Waals surface area contributed by atoms with E-state index in [2.05, 4.69) is 18.7 Å². The minimum absolute atomic E-state index is 0.197. The van der Waals surface area contributed by atoms with Gasteiger partial charge in [0.1, 0.15) is 5.78 Å². The summed E-state index contributed by atoms with van der Waals surface area (Å²) in [6, 6.07) is 1.01. The summed E-state index contributed by atoms with van der Waals surface area (Å²) in [4.78, 5) is 27.6. The van der Waals surface area contributed by atoms with Crippen LogP contribution >= 0.6 is 0 Å². The predicted molar refractivity (Wildman–Crippen MR) is 70.3 cm³/mol. The molecule has 18 heavy (non-hydrogen) atoms. The van der Waals surface area contributed by atoms with E-state index >= 15 is 0 Å². The van der Waals surface area contributed by atoms with E-state index in [9.17, 15) is 9.59 Å². The third kappa shape index (κ3) is 3.10. The van der Waals surface area contributed by atoms with Crippen LogP contribution in [0.15, 0.2) is 0 Å². The molecule has 4 heteroatoms. The second-order valence-electron chi connectivity index (χ2n) is 5.72. The molecule has 0 radical (unpaired) electrons. The molecule has 0 aromatic rings. The molecular formula is C14H24N2O2. The van der Waals surface area contributed by atoms with Crippen molar-refractivity contribution in [1.29, 1.82) is 0 Å². The summed E-state index contributed by atoms with van der Waals surface area (Å²) in [6.45, 7) is 6.18. The number of carbonyl (C=O) groups excluding carboxylic acids is 2. The smallest absolute Gasteiger partial charge is 0.236 e. The Balaban J connectivity index is 1.88. The largest absolute Gasteiger partial charge is 0.341 e. The first kappa shape index (κ1) is 13.5. The third-order valence-corrected chi connectivity index (χ3v) is 4.37. The van der Waals surface area contributed by atoms with Crippen molar-refractivity contribution in [3.63, 3.8) is 0 Å². The summed E-state index contributed by atoms with van der Waals surface area (Å²) in [5.41, 5.74) is 0. The van der Waals surface area contributed by atoms with Crippen molar-refractivity contribution in [3.05, 3.63) is 0 Å². The topological polar surface area (TPSA) is 40.6 Å². The highest BCUT2D eigenvalue weighted by atomic mass is 16.2. The fourth-order valence-electron chi connectivity index (χ4n) is 3.05. The van der Waals surface area contributed by atoms with Crippen LogP contribution in [-0.2, 0) is 9.59 Å². The monoisotopic (exact) mass is 252 g/mol. The van der Waals surface area contributed by atoms with E-state index in [-0.39, 0.29) is 5.91 Å². The maximum atomic E-state index is 12.2. The van der Waals surface area contributed by atoms with Crippen LogP contribution in [0.2, 0.25) is 0 Å². The second kappa shape index (κ2) is 5.83. The Labute approximate surface area is 109 Å². The van der Waals surface area contributed by atoms with E-state index in [0.29, 0.717) is 50.3 Å². The number of hydrogen-bond donors (Lipinski definition) is 0. The van der Waals surface area contributed by atoms with Gasteiger partial charge in [-0.2, -0.15) is 0 Å². The zero-order valence-corrected chi connectivity index (χ0v) is 11.5. The maximum Gasteiger partial charge on any atom is 0.236 e. The first-order valence-electron chi connectivity index (χ1n) is 7.13. The summed E-state index contributed by atoms with van der Waals surface area (Å²) in [5.74, 6) is 0.488. The van der Waals surface area contributed by atoms with E-state index in [1.54, 1.807) is 0 Å². The van der Waals surface area contributed by atoms with Gasteiger partial charge in [-0.1, -0.05) is 6.42 Å². The van der Waals surface area contributed by atoms with Gasteiger partial charge in [0.05, 0.1) is 6.54 Å². The lowest BCUT2D eigenvalue weighted by atomic mass is 9.97. The van der Waals surface area contributed by atoms with Crippen LogP contribution in [0.3, 0.4) is 0 Å². The molecule has 2 saturated heterocycles. The molecule has 0 aliphatic carbocycles. The maximum absolute atomic E-state index is 12.2. The average Bonchev–Trinajstić information content (AvgIpc) is 2.34. The quantitative estimate of drug-likeness (QED) is 0.746. The van der Waals surface area contributed by atoms with Gasteiger partial charge in [0.2, 0.25) is 5.91 Å². The Morgan fingerprint density at radius 1 is 1.17 bits per heavy atom. The minimum atomic E-state index is 0.197. The number of likely N-dealkylation sites (tertiary alicyclic amines) is 2. The first-order valence-corrected chi connectivity index (χ1v) is 7.13. The molecule has 0 aromatic heterocycles. The molecule has 2 aliphatic heterocycles. The highest BCUT2D eigenvalue weighted by molar-refractivity contribution is 5.84. The summed E-state index contributed by atoms with van der Waals surface area (Å²) in [6.07, 6.45) is 4.73. The highest BCUT2D eigenvalue weighted by Crippen LogP contribution is 2.22. The second-order valence-corrected chi connectivity index (χ2v) is 5.72. The van der Waals surface area contributed by atoms with E-state index in [0.717, 1.165) is 0 Å². The van der Waals surface area contributed by atoms with E-state index in [1.165, 1.54) is 19.3 Å². The lowest BCUT2D eigenvalue weighted by Crippen LogP contribution is -2.50. The standard InChI is InChI=1S/C14H24N2O2/c1-11-4-3-5-12(2)16(11)10-14(18)15-8-6-13(17)7-9-15/h11-12H,3-10H2,1-2H3. The molecule has 0 saturated carbocycles. The van der Waals surface area contributed by atoms with Crippen LogP contribution in [0, 0.1) is 0 Å². The summed E-state index contributed by atoms with van der Waals surface area (Å²) >= 11 is 0. The number of hydrogen-bond acceptors (Lipinski definition) is 3. The van der Waals surface area contributed by atoms with Gasteiger partial charge in [0, 0.05) is 38.0 Å². The van der Waals surface area contributed by atoms with Gasteiger partial charge in [-0.05, 0) is 26.7 Å². The van der Waals surface area contributed by atoms with E-state index < -0.39 is 0 Å². The molecule has 2 atom stereocenters. The SMILES string of the molecule is CC1CCCC(C)N1CC(=O)N1CCC(=O)CC1. The molecule has 1 amide bonds. The van der Waals surface area contributed by atoms with Crippen molar-refractivity contribution in [2.45, 2.75) is 58.0 Å². The van der Waals surface area contributed by atoms with E-state index in [4.69, 9.17) is 0 Å². The molecule has 0 N–H and O–H groups in total. The van der Waals surface area contributed by atoms with Crippen LogP contribution in [0.1, 0.15) is 46.0 Å². The van der Waals surface area contributed by atoms with Crippen molar-refractivity contribution < 1.29 is 9.59 Å². The van der Waals surface area contributed by atoms with Gasteiger partial charge in [-0.3, -0.25) is 14.5 Å². The molecule has 2 rings (SSSR count). The van der Waals surface area contributed by atoms with Gasteiger partial charge >= 0.3 is 0 Å². The van der Waals surface area contributed by atoms with Gasteiger partial charge < -0.3 is 4.90 Å². The molecule has 0 bridgehead atoms. The van der Waals surface area contributed by atoms with Crippen molar-refractivity contribution >= 4 is 11.7 Å². The van der Waals surface area contributed by atoms with Gasteiger partial charge in [-0.15, -0.1) is 0 Å². The zero-order chi connectivity index (χ0) is 13.1. The van der Waals surface area contributed by atoms with Gasteiger partial charge in [-0.25, -0.2) is 0 Å². The number of ketones is 1. The Bertz CT molecular complexity index is 310. The molecule has 0 aromatic carbocycles. The average molecular weight is 252 g/mol. The summed E-state index contributed by atoms with van der Waals surface area (Å²) in [5, 5.41) is 0. The molecule has 2 aliphatic rings. The Hall–Kier alpha value is -0.900. The molecule has 2 unspecified atom stereocenters. The number of Topliss-reactive ketones (excluding diaryl/α,β-unsaturated/α-hetero) is 1. The molecule has 2 heterocycles. The van der Waals surface area contributed by atoms with Crippen LogP contribution in [0.25, 0.3) is 0 Å².